The Hall–Kier alpha value is -1.89. The molecule has 2 aromatic carbocycles. The van der Waals surface area contributed by atoms with Crippen LogP contribution in [0.5, 0.6) is 0 Å². The number of carboxylic acids is 1. The fraction of sp³-hybridized carbons (Fsp3) is 0.409. The number of hydrogen-bond donors (Lipinski definition) is 1. The van der Waals surface area contributed by atoms with E-state index < -0.39 is 16.0 Å². The molecule has 1 N–H and O–H groups in total. The van der Waals surface area contributed by atoms with E-state index in [9.17, 15) is 13.2 Å². The van der Waals surface area contributed by atoms with Crippen molar-refractivity contribution in [2.45, 2.75) is 56.5 Å². The Bertz CT molecular complexity index is 936. The molecule has 3 rings (SSSR count). The minimum Gasteiger partial charge on any atom is -0.478 e. The lowest BCUT2D eigenvalue weighted by Crippen LogP contribution is -2.42. The average Bonchev–Trinajstić information content (AvgIpc) is 2.72. The van der Waals surface area contributed by atoms with Gasteiger partial charge in [-0.3, -0.25) is 0 Å². The fourth-order valence-electron chi connectivity index (χ4n) is 3.97. The molecule has 0 spiro atoms. The molecule has 2 aromatic rings. The van der Waals surface area contributed by atoms with Crippen molar-refractivity contribution < 1.29 is 18.3 Å². The lowest BCUT2D eigenvalue weighted by molar-refractivity contribution is 0.0697. The largest absolute Gasteiger partial charge is 0.478 e. The van der Waals surface area contributed by atoms with E-state index in [2.05, 4.69) is 0 Å². The molecule has 0 saturated heterocycles. The molecule has 1 saturated carbocycles. The van der Waals surface area contributed by atoms with Gasteiger partial charge in [-0.1, -0.05) is 43.0 Å². The van der Waals surface area contributed by atoms with Crippen molar-refractivity contribution in [1.29, 1.82) is 0 Å². The van der Waals surface area contributed by atoms with Gasteiger partial charge in [0.1, 0.15) is 0 Å². The summed E-state index contributed by atoms with van der Waals surface area (Å²) in [6.45, 7) is 2.18. The molecule has 0 heterocycles. The molecular formula is C22H26ClNO4S. The molecule has 0 amide bonds. The minimum atomic E-state index is -3.73. The van der Waals surface area contributed by atoms with Crippen LogP contribution in [0.4, 0.5) is 0 Å². The fourth-order valence-corrected chi connectivity index (χ4v) is 5.78. The van der Waals surface area contributed by atoms with E-state index in [0.717, 1.165) is 31.2 Å². The number of halogens is 1. The first-order chi connectivity index (χ1) is 13.8. The highest BCUT2D eigenvalue weighted by Gasteiger charge is 2.34. The van der Waals surface area contributed by atoms with Gasteiger partial charge in [-0.25, -0.2) is 13.2 Å². The molecule has 156 valence electrons. The number of benzene rings is 2. The van der Waals surface area contributed by atoms with Crippen LogP contribution in [-0.4, -0.2) is 29.8 Å². The molecule has 29 heavy (non-hydrogen) atoms. The topological polar surface area (TPSA) is 74.7 Å². The van der Waals surface area contributed by atoms with Crippen molar-refractivity contribution >= 4 is 27.6 Å². The SMILES string of the molecule is C[C@H](C1CCCCC1)N(Cc1ccc(C(=O)O)cc1)S(=O)(=O)c1ccc(Cl)cc1. The van der Waals surface area contributed by atoms with Crippen molar-refractivity contribution in [2.75, 3.05) is 0 Å². The number of sulfonamides is 1. The average molecular weight is 436 g/mol. The van der Waals surface area contributed by atoms with E-state index in [-0.39, 0.29) is 23.0 Å². The van der Waals surface area contributed by atoms with Crippen LogP contribution in [0.2, 0.25) is 5.02 Å². The summed E-state index contributed by atoms with van der Waals surface area (Å²) in [5, 5.41) is 9.59. The van der Waals surface area contributed by atoms with Gasteiger partial charge in [0, 0.05) is 17.6 Å². The Morgan fingerprint density at radius 3 is 2.21 bits per heavy atom. The number of rotatable bonds is 7. The number of carboxylic acid groups (broad SMARTS) is 1. The predicted molar refractivity (Wildman–Crippen MR) is 114 cm³/mol. The molecule has 0 aliphatic heterocycles. The predicted octanol–water partition coefficient (Wildman–Crippen LogP) is 5.20. The maximum absolute atomic E-state index is 13.5. The quantitative estimate of drug-likeness (QED) is 0.648. The van der Waals surface area contributed by atoms with Gasteiger partial charge < -0.3 is 5.11 Å². The molecule has 1 fully saturated rings. The summed E-state index contributed by atoms with van der Waals surface area (Å²) in [6, 6.07) is 12.5. The Morgan fingerprint density at radius 2 is 1.66 bits per heavy atom. The first-order valence-electron chi connectivity index (χ1n) is 9.88. The highest BCUT2D eigenvalue weighted by atomic mass is 35.5. The van der Waals surface area contributed by atoms with Crippen molar-refractivity contribution in [3.05, 3.63) is 64.7 Å². The van der Waals surface area contributed by atoms with Crippen LogP contribution in [0, 0.1) is 5.92 Å². The normalized spacial score (nSPS) is 16.7. The summed E-state index contributed by atoms with van der Waals surface area (Å²) in [5.41, 5.74) is 0.941. The zero-order valence-corrected chi connectivity index (χ0v) is 18.0. The van der Waals surface area contributed by atoms with Gasteiger partial charge >= 0.3 is 5.97 Å². The second kappa shape index (κ2) is 9.28. The summed E-state index contributed by atoms with van der Waals surface area (Å²) in [4.78, 5) is 11.3. The Morgan fingerprint density at radius 1 is 1.07 bits per heavy atom. The highest BCUT2D eigenvalue weighted by molar-refractivity contribution is 7.89. The lowest BCUT2D eigenvalue weighted by atomic mass is 9.84. The van der Waals surface area contributed by atoms with E-state index in [1.807, 2.05) is 6.92 Å². The molecule has 5 nitrogen and oxygen atoms in total. The standard InChI is InChI=1S/C22H26ClNO4S/c1-16(18-5-3-2-4-6-18)24(15-17-7-9-19(10-8-17)22(25)26)29(27,28)21-13-11-20(23)12-14-21/h7-14,16,18H,2-6,15H2,1H3,(H,25,26)/t16-/m1/s1. The van der Waals surface area contributed by atoms with Crippen LogP contribution in [-0.2, 0) is 16.6 Å². The van der Waals surface area contributed by atoms with Crippen molar-refractivity contribution in [2.24, 2.45) is 5.92 Å². The summed E-state index contributed by atoms with van der Waals surface area (Å²) in [5.74, 6) is -0.693. The van der Waals surface area contributed by atoms with Crippen molar-refractivity contribution in [3.63, 3.8) is 0 Å². The third-order valence-corrected chi connectivity index (χ3v) is 7.94. The summed E-state index contributed by atoms with van der Waals surface area (Å²) >= 11 is 5.94. The zero-order valence-electron chi connectivity index (χ0n) is 16.4. The van der Waals surface area contributed by atoms with Gasteiger partial charge in [0.25, 0.3) is 0 Å². The first kappa shape index (κ1) is 21.8. The zero-order chi connectivity index (χ0) is 21.0. The highest BCUT2D eigenvalue weighted by Crippen LogP contribution is 2.33. The maximum atomic E-state index is 13.5. The maximum Gasteiger partial charge on any atom is 0.335 e. The molecular weight excluding hydrogens is 410 g/mol. The Balaban J connectivity index is 1.94. The third kappa shape index (κ3) is 5.18. The molecule has 0 unspecified atom stereocenters. The van der Waals surface area contributed by atoms with Crippen molar-refractivity contribution in [3.8, 4) is 0 Å². The van der Waals surface area contributed by atoms with E-state index in [0.29, 0.717) is 10.9 Å². The van der Waals surface area contributed by atoms with Crippen molar-refractivity contribution in [1.82, 2.24) is 4.31 Å². The summed E-state index contributed by atoms with van der Waals surface area (Å²) in [7, 11) is -3.73. The molecule has 0 radical (unpaired) electrons. The first-order valence-corrected chi connectivity index (χ1v) is 11.7. The second-order valence-corrected chi connectivity index (χ2v) is 9.97. The minimum absolute atomic E-state index is 0.157. The van der Waals surface area contributed by atoms with Crippen LogP contribution in [0.25, 0.3) is 0 Å². The molecule has 1 aliphatic rings. The van der Waals surface area contributed by atoms with Gasteiger partial charge in [-0.05, 0) is 67.6 Å². The van der Waals surface area contributed by atoms with E-state index in [1.165, 1.54) is 30.7 Å². The number of carbonyl (C=O) groups is 1. The number of aromatic carboxylic acids is 1. The molecule has 0 bridgehead atoms. The van der Waals surface area contributed by atoms with Gasteiger partial charge in [0.15, 0.2) is 0 Å². The lowest BCUT2D eigenvalue weighted by Gasteiger charge is -2.36. The molecule has 1 aliphatic carbocycles. The van der Waals surface area contributed by atoms with E-state index in [4.69, 9.17) is 16.7 Å². The van der Waals surface area contributed by atoms with Crippen LogP contribution in [0.1, 0.15) is 54.9 Å². The van der Waals surface area contributed by atoms with Gasteiger partial charge in [-0.15, -0.1) is 0 Å². The van der Waals surface area contributed by atoms with Crippen LogP contribution >= 0.6 is 11.6 Å². The molecule has 7 heteroatoms. The van der Waals surface area contributed by atoms with E-state index >= 15 is 0 Å². The smallest absolute Gasteiger partial charge is 0.335 e. The Kier molecular flexibility index (Phi) is 6.98. The van der Waals surface area contributed by atoms with Gasteiger partial charge in [-0.2, -0.15) is 4.31 Å². The van der Waals surface area contributed by atoms with Crippen LogP contribution in [0.3, 0.4) is 0 Å². The number of hydrogen-bond acceptors (Lipinski definition) is 3. The van der Waals surface area contributed by atoms with Crippen LogP contribution < -0.4 is 0 Å². The molecule has 0 aromatic heterocycles. The van der Waals surface area contributed by atoms with Gasteiger partial charge in [0.05, 0.1) is 10.5 Å². The van der Waals surface area contributed by atoms with E-state index in [1.54, 1.807) is 28.6 Å². The van der Waals surface area contributed by atoms with Crippen LogP contribution in [0.15, 0.2) is 53.4 Å². The Labute approximate surface area is 177 Å². The summed E-state index contributed by atoms with van der Waals surface area (Å²) in [6.07, 6.45) is 5.48. The summed E-state index contributed by atoms with van der Waals surface area (Å²) < 4.78 is 28.5. The third-order valence-electron chi connectivity index (χ3n) is 5.75. The monoisotopic (exact) mass is 435 g/mol. The molecule has 1 atom stereocenters. The second-order valence-electron chi connectivity index (χ2n) is 7.64. The number of nitrogens with zero attached hydrogens (tertiary/aromatic N) is 1. The van der Waals surface area contributed by atoms with Gasteiger partial charge in [0.2, 0.25) is 10.0 Å².